The summed E-state index contributed by atoms with van der Waals surface area (Å²) in [7, 11) is 0. The number of anilines is 1. The number of carbonyl (C=O) groups is 4. The second-order valence-electron chi connectivity index (χ2n) is 8.67. The van der Waals surface area contributed by atoms with Crippen LogP contribution in [0.2, 0.25) is 4.34 Å². The maximum absolute atomic E-state index is 12.3. The Bertz CT molecular complexity index is 1060. The number of hydrogen-bond acceptors (Lipinski definition) is 7. The predicted octanol–water partition coefficient (Wildman–Crippen LogP) is 3.79. The maximum Gasteiger partial charge on any atom is 0.414 e. The highest BCUT2D eigenvalue weighted by molar-refractivity contribution is 7.18. The van der Waals surface area contributed by atoms with Crippen molar-refractivity contribution in [1.29, 1.82) is 0 Å². The summed E-state index contributed by atoms with van der Waals surface area (Å²) in [6.07, 6.45) is -1.52. The number of amides is 3. The molecule has 1 saturated heterocycles. The lowest BCUT2D eigenvalue weighted by molar-refractivity contribution is -0.117. The molecule has 11 heteroatoms. The Labute approximate surface area is 206 Å². The summed E-state index contributed by atoms with van der Waals surface area (Å²) in [4.78, 5) is 50.2. The number of hydrogen-bond donors (Lipinski definition) is 2. The van der Waals surface area contributed by atoms with Crippen LogP contribution in [0.4, 0.5) is 15.3 Å². The Hall–Kier alpha value is -3.11. The van der Waals surface area contributed by atoms with Gasteiger partial charge in [0, 0.05) is 12.1 Å². The minimum atomic E-state index is -0.645. The first kappa shape index (κ1) is 25.5. The lowest BCUT2D eigenvalue weighted by Crippen LogP contribution is -2.35. The predicted molar refractivity (Wildman–Crippen MR) is 129 cm³/mol. The van der Waals surface area contributed by atoms with Crippen LogP contribution < -0.4 is 15.5 Å². The van der Waals surface area contributed by atoms with E-state index in [2.05, 4.69) is 10.6 Å². The molecule has 0 saturated carbocycles. The highest BCUT2D eigenvalue weighted by Crippen LogP contribution is 2.23. The molecule has 2 aromatic rings. The monoisotopic (exact) mass is 507 g/mol. The number of ether oxygens (including phenoxy) is 2. The van der Waals surface area contributed by atoms with E-state index in [-0.39, 0.29) is 37.7 Å². The van der Waals surface area contributed by atoms with E-state index in [4.69, 9.17) is 21.1 Å². The Balaban J connectivity index is 1.46. The van der Waals surface area contributed by atoms with E-state index in [1.54, 1.807) is 57.2 Å². The van der Waals surface area contributed by atoms with Crippen LogP contribution in [-0.4, -0.2) is 55.2 Å². The van der Waals surface area contributed by atoms with Gasteiger partial charge in [-0.1, -0.05) is 23.7 Å². The molecular weight excluding hydrogens is 482 g/mol. The van der Waals surface area contributed by atoms with E-state index in [1.807, 2.05) is 0 Å². The number of nitrogens with one attached hydrogen (secondary N) is 2. The fraction of sp³-hybridized carbons (Fsp3) is 0.391. The molecule has 1 aromatic heterocycles. The Kier molecular flexibility index (Phi) is 8.16. The van der Waals surface area contributed by atoms with Crippen molar-refractivity contribution >= 4 is 52.5 Å². The van der Waals surface area contributed by atoms with E-state index in [1.165, 1.54) is 16.2 Å². The van der Waals surface area contributed by atoms with Gasteiger partial charge >= 0.3 is 12.2 Å². The van der Waals surface area contributed by atoms with E-state index < -0.39 is 23.9 Å². The first-order valence-electron chi connectivity index (χ1n) is 10.6. The van der Waals surface area contributed by atoms with E-state index in [0.717, 1.165) is 5.56 Å². The molecule has 9 nitrogen and oxygen atoms in total. The fourth-order valence-electron chi connectivity index (χ4n) is 3.14. The van der Waals surface area contributed by atoms with Gasteiger partial charge in [0.1, 0.15) is 11.7 Å². The molecule has 1 aliphatic rings. The zero-order valence-electron chi connectivity index (χ0n) is 19.1. The molecule has 2 heterocycles. The van der Waals surface area contributed by atoms with E-state index in [0.29, 0.717) is 14.9 Å². The van der Waals surface area contributed by atoms with Gasteiger partial charge < -0.3 is 20.1 Å². The second kappa shape index (κ2) is 10.9. The smallest absolute Gasteiger partial charge is 0.414 e. The van der Waals surface area contributed by atoms with Crippen molar-refractivity contribution in [2.75, 3.05) is 24.5 Å². The van der Waals surface area contributed by atoms with Crippen LogP contribution in [-0.2, 0) is 20.7 Å². The van der Waals surface area contributed by atoms with Crippen LogP contribution >= 0.6 is 22.9 Å². The third-order valence-electron chi connectivity index (χ3n) is 4.64. The maximum atomic E-state index is 12.3. The number of alkyl carbamates (subject to hydrolysis) is 1. The Morgan fingerprint density at radius 2 is 1.85 bits per heavy atom. The van der Waals surface area contributed by atoms with Crippen LogP contribution in [0, 0.1) is 0 Å². The molecule has 0 spiro atoms. The molecule has 1 aromatic carbocycles. The summed E-state index contributed by atoms with van der Waals surface area (Å²) in [5.74, 6) is -0.455. The third-order valence-corrected chi connectivity index (χ3v) is 5.87. The zero-order chi connectivity index (χ0) is 24.9. The SMILES string of the molecule is CC(C)(C)OC(=O)NCC(=O)Cc1ccc(N2CC(CNC(=O)c3ccc(Cl)s3)OC2=O)cc1. The van der Waals surface area contributed by atoms with E-state index in [9.17, 15) is 19.2 Å². The first-order valence-corrected chi connectivity index (χ1v) is 11.8. The number of ketones is 1. The van der Waals surface area contributed by atoms with Gasteiger partial charge in [-0.15, -0.1) is 11.3 Å². The number of thiophene rings is 1. The standard InChI is InChI=1S/C23H26ClN3O6S/c1-23(2,3)33-21(30)26-11-16(28)10-14-4-6-15(7-5-14)27-13-17(32-22(27)31)12-25-20(29)18-8-9-19(24)34-18/h4-9,17H,10-13H2,1-3H3,(H,25,29)(H,26,30). The quantitative estimate of drug-likeness (QED) is 0.562. The van der Waals surface area contributed by atoms with Gasteiger partial charge in [-0.25, -0.2) is 9.59 Å². The second-order valence-corrected chi connectivity index (χ2v) is 10.4. The summed E-state index contributed by atoms with van der Waals surface area (Å²) in [6.45, 7) is 5.54. The lowest BCUT2D eigenvalue weighted by Gasteiger charge is -2.19. The summed E-state index contributed by atoms with van der Waals surface area (Å²) in [6, 6.07) is 10.2. The lowest BCUT2D eigenvalue weighted by atomic mass is 10.1. The average molecular weight is 508 g/mol. The minimum absolute atomic E-state index is 0.127. The van der Waals surface area contributed by atoms with Crippen molar-refractivity contribution in [3.05, 3.63) is 51.2 Å². The van der Waals surface area contributed by atoms with Crippen molar-refractivity contribution < 1.29 is 28.7 Å². The molecule has 0 aliphatic carbocycles. The zero-order valence-corrected chi connectivity index (χ0v) is 20.6. The van der Waals surface area contributed by atoms with Gasteiger partial charge in [0.05, 0.1) is 28.8 Å². The highest BCUT2D eigenvalue weighted by Gasteiger charge is 2.32. The molecule has 2 N–H and O–H groups in total. The summed E-state index contributed by atoms with van der Waals surface area (Å²) < 4.78 is 11.0. The molecular formula is C23H26ClN3O6S. The van der Waals surface area contributed by atoms with Gasteiger partial charge in [0.15, 0.2) is 5.78 Å². The fourth-order valence-corrected chi connectivity index (χ4v) is 4.10. The Morgan fingerprint density at radius 1 is 1.15 bits per heavy atom. The Morgan fingerprint density at radius 3 is 2.47 bits per heavy atom. The van der Waals surface area contributed by atoms with E-state index >= 15 is 0 Å². The topological polar surface area (TPSA) is 114 Å². The number of Topliss-reactive ketones (excluding diaryl/α,β-unsaturated/α-hetero) is 1. The number of rotatable bonds is 8. The number of nitrogens with zero attached hydrogens (tertiary/aromatic N) is 1. The molecule has 1 aliphatic heterocycles. The summed E-state index contributed by atoms with van der Waals surface area (Å²) in [5, 5.41) is 5.18. The van der Waals surface area contributed by atoms with Gasteiger partial charge in [-0.3, -0.25) is 14.5 Å². The average Bonchev–Trinajstić information content (AvgIpc) is 3.35. The highest BCUT2D eigenvalue weighted by atomic mass is 35.5. The molecule has 34 heavy (non-hydrogen) atoms. The molecule has 0 radical (unpaired) electrons. The normalized spacial score (nSPS) is 15.6. The summed E-state index contributed by atoms with van der Waals surface area (Å²) >= 11 is 7.02. The van der Waals surface area contributed by atoms with Crippen LogP contribution in [0.25, 0.3) is 0 Å². The van der Waals surface area contributed by atoms with Gasteiger partial charge in [-0.2, -0.15) is 0 Å². The molecule has 3 rings (SSSR count). The first-order chi connectivity index (χ1) is 16.0. The van der Waals surface area contributed by atoms with Gasteiger partial charge in [0.25, 0.3) is 5.91 Å². The molecule has 0 bridgehead atoms. The van der Waals surface area contributed by atoms with Crippen LogP contribution in [0.3, 0.4) is 0 Å². The number of halogens is 1. The summed E-state index contributed by atoms with van der Waals surface area (Å²) in [5.41, 5.74) is 0.723. The van der Waals surface area contributed by atoms with Crippen molar-refractivity contribution in [3.8, 4) is 0 Å². The third kappa shape index (κ3) is 7.46. The number of cyclic esters (lactones) is 1. The largest absolute Gasteiger partial charge is 0.444 e. The van der Waals surface area contributed by atoms with Gasteiger partial charge in [-0.05, 0) is 50.6 Å². The molecule has 3 amide bonds. The molecule has 182 valence electrons. The van der Waals surface area contributed by atoms with Crippen molar-refractivity contribution in [1.82, 2.24) is 10.6 Å². The molecule has 1 fully saturated rings. The minimum Gasteiger partial charge on any atom is -0.444 e. The van der Waals surface area contributed by atoms with Crippen LogP contribution in [0.1, 0.15) is 36.0 Å². The van der Waals surface area contributed by atoms with Gasteiger partial charge in [0.2, 0.25) is 0 Å². The van der Waals surface area contributed by atoms with Crippen LogP contribution in [0.5, 0.6) is 0 Å². The number of benzene rings is 1. The van der Waals surface area contributed by atoms with Crippen molar-refractivity contribution in [2.45, 2.75) is 38.9 Å². The van der Waals surface area contributed by atoms with Crippen LogP contribution in [0.15, 0.2) is 36.4 Å². The molecule has 1 unspecified atom stereocenters. The van der Waals surface area contributed by atoms with Crippen molar-refractivity contribution in [2.24, 2.45) is 0 Å². The number of carbonyl (C=O) groups excluding carboxylic acids is 4. The van der Waals surface area contributed by atoms with Crippen molar-refractivity contribution in [3.63, 3.8) is 0 Å². The molecule has 1 atom stereocenters.